The third-order valence-corrected chi connectivity index (χ3v) is 4.33. The number of ether oxygens (including phenoxy) is 2. The van der Waals surface area contributed by atoms with Crippen molar-refractivity contribution in [1.29, 1.82) is 0 Å². The lowest BCUT2D eigenvalue weighted by molar-refractivity contribution is -0.158. The molecule has 1 aliphatic heterocycles. The Balaban J connectivity index is 1.42. The van der Waals surface area contributed by atoms with Gasteiger partial charge in [0, 0.05) is 12.5 Å². The number of amides is 1. The van der Waals surface area contributed by atoms with Crippen LogP contribution in [0.4, 0.5) is 0 Å². The van der Waals surface area contributed by atoms with Crippen LogP contribution in [0.15, 0.2) is 30.3 Å². The van der Waals surface area contributed by atoms with Crippen LogP contribution in [-0.2, 0) is 20.7 Å². The smallest absolute Gasteiger partial charge is 0.220 e. The average molecular weight is 289 g/mol. The van der Waals surface area contributed by atoms with Crippen molar-refractivity contribution in [2.75, 3.05) is 13.2 Å². The molecule has 0 unspecified atom stereocenters. The van der Waals surface area contributed by atoms with Gasteiger partial charge in [0.1, 0.15) is 0 Å². The first-order chi connectivity index (χ1) is 10.3. The Morgan fingerprint density at radius 3 is 2.67 bits per heavy atom. The van der Waals surface area contributed by atoms with Gasteiger partial charge in [0.2, 0.25) is 5.91 Å². The molecule has 1 aromatic rings. The minimum Gasteiger partial charge on any atom is -0.373 e. The fourth-order valence-electron chi connectivity index (χ4n) is 3.20. The summed E-state index contributed by atoms with van der Waals surface area (Å²) >= 11 is 0. The Morgan fingerprint density at radius 1 is 1.10 bits per heavy atom. The number of rotatable bonds is 4. The van der Waals surface area contributed by atoms with Gasteiger partial charge in [-0.1, -0.05) is 30.3 Å². The Morgan fingerprint density at radius 2 is 1.86 bits per heavy atom. The zero-order valence-corrected chi connectivity index (χ0v) is 12.3. The predicted molar refractivity (Wildman–Crippen MR) is 80.0 cm³/mol. The molecule has 1 aromatic carbocycles. The lowest BCUT2D eigenvalue weighted by Gasteiger charge is -2.39. The number of carbonyl (C=O) groups is 1. The normalized spacial score (nSPS) is 28.7. The molecule has 0 bridgehead atoms. The number of hydrogen-bond acceptors (Lipinski definition) is 3. The summed E-state index contributed by atoms with van der Waals surface area (Å²) in [6.07, 6.45) is 4.58. The Bertz CT molecular complexity index is 462. The highest BCUT2D eigenvalue weighted by Crippen LogP contribution is 2.26. The molecule has 1 heterocycles. The zero-order valence-electron chi connectivity index (χ0n) is 12.3. The molecule has 21 heavy (non-hydrogen) atoms. The summed E-state index contributed by atoms with van der Waals surface area (Å²) in [5.74, 6) is 0.138. The number of nitrogens with one attached hydrogen (secondary N) is 1. The molecule has 1 amide bonds. The first-order valence-electron chi connectivity index (χ1n) is 7.88. The molecule has 2 aliphatic rings. The van der Waals surface area contributed by atoms with Gasteiger partial charge in [0.05, 0.1) is 25.4 Å². The van der Waals surface area contributed by atoms with Crippen LogP contribution in [0.1, 0.15) is 31.2 Å². The molecule has 0 radical (unpaired) electrons. The van der Waals surface area contributed by atoms with Crippen molar-refractivity contribution in [3.05, 3.63) is 35.9 Å². The topological polar surface area (TPSA) is 47.6 Å². The van der Waals surface area contributed by atoms with Crippen molar-refractivity contribution >= 4 is 5.91 Å². The first kappa shape index (κ1) is 14.5. The largest absolute Gasteiger partial charge is 0.373 e. The van der Waals surface area contributed by atoms with Gasteiger partial charge < -0.3 is 14.8 Å². The van der Waals surface area contributed by atoms with E-state index in [0.717, 1.165) is 25.7 Å². The molecule has 3 atom stereocenters. The number of hydrogen-bond donors (Lipinski definition) is 1. The highest BCUT2D eigenvalue weighted by Gasteiger charge is 2.34. The second kappa shape index (κ2) is 7.05. The molecule has 4 heteroatoms. The summed E-state index contributed by atoms with van der Waals surface area (Å²) in [7, 11) is 0. The van der Waals surface area contributed by atoms with Crippen molar-refractivity contribution in [2.24, 2.45) is 0 Å². The minimum absolute atomic E-state index is 0.138. The Hall–Kier alpha value is -1.39. The van der Waals surface area contributed by atoms with Gasteiger partial charge in [-0.15, -0.1) is 0 Å². The van der Waals surface area contributed by atoms with Crippen molar-refractivity contribution in [3.63, 3.8) is 0 Å². The van der Waals surface area contributed by atoms with E-state index in [1.165, 1.54) is 5.56 Å². The highest BCUT2D eigenvalue weighted by molar-refractivity contribution is 5.76. The third-order valence-electron chi connectivity index (χ3n) is 4.33. The molecule has 0 spiro atoms. The summed E-state index contributed by atoms with van der Waals surface area (Å²) in [4.78, 5) is 12.1. The molecule has 4 nitrogen and oxygen atoms in total. The molecule has 3 rings (SSSR count). The van der Waals surface area contributed by atoms with E-state index < -0.39 is 0 Å². The third kappa shape index (κ3) is 4.05. The molecule has 0 aromatic heterocycles. The lowest BCUT2D eigenvalue weighted by Crippen LogP contribution is -2.49. The van der Waals surface area contributed by atoms with Crippen LogP contribution >= 0.6 is 0 Å². The highest BCUT2D eigenvalue weighted by atomic mass is 16.6. The summed E-state index contributed by atoms with van der Waals surface area (Å²) in [5, 5.41) is 3.15. The van der Waals surface area contributed by atoms with Crippen molar-refractivity contribution in [2.45, 2.75) is 50.4 Å². The van der Waals surface area contributed by atoms with Crippen LogP contribution in [0.25, 0.3) is 0 Å². The summed E-state index contributed by atoms with van der Waals surface area (Å²) in [6, 6.07) is 10.4. The average Bonchev–Trinajstić information content (AvgIpc) is 2.54. The minimum atomic E-state index is 0.138. The Labute approximate surface area is 125 Å². The molecule has 2 fully saturated rings. The quantitative estimate of drug-likeness (QED) is 0.923. The van der Waals surface area contributed by atoms with Gasteiger partial charge in [-0.05, 0) is 31.2 Å². The molecule has 1 aliphatic carbocycles. The van der Waals surface area contributed by atoms with E-state index in [-0.39, 0.29) is 24.2 Å². The van der Waals surface area contributed by atoms with Gasteiger partial charge in [-0.3, -0.25) is 4.79 Å². The van der Waals surface area contributed by atoms with Gasteiger partial charge in [-0.2, -0.15) is 0 Å². The van der Waals surface area contributed by atoms with Crippen molar-refractivity contribution in [3.8, 4) is 0 Å². The molecular weight excluding hydrogens is 266 g/mol. The summed E-state index contributed by atoms with van der Waals surface area (Å²) in [6.45, 7) is 1.38. The molecule has 114 valence electrons. The van der Waals surface area contributed by atoms with Crippen LogP contribution in [0.5, 0.6) is 0 Å². The maximum atomic E-state index is 12.1. The van der Waals surface area contributed by atoms with Gasteiger partial charge in [0.25, 0.3) is 0 Å². The number of aryl methyl sites for hydroxylation is 1. The van der Waals surface area contributed by atoms with E-state index in [9.17, 15) is 4.79 Å². The van der Waals surface area contributed by atoms with Crippen LogP contribution < -0.4 is 5.32 Å². The summed E-state index contributed by atoms with van der Waals surface area (Å²) < 4.78 is 11.4. The second-order valence-corrected chi connectivity index (χ2v) is 5.88. The van der Waals surface area contributed by atoms with E-state index >= 15 is 0 Å². The van der Waals surface area contributed by atoms with Gasteiger partial charge >= 0.3 is 0 Å². The SMILES string of the molecule is O=C(CCc1ccccc1)N[C@@H]1CC[C@H]2OCCO[C@@H]2C1. The van der Waals surface area contributed by atoms with Crippen molar-refractivity contribution < 1.29 is 14.3 Å². The molecular formula is C17H23NO3. The van der Waals surface area contributed by atoms with E-state index in [1.807, 2.05) is 18.2 Å². The fraction of sp³-hybridized carbons (Fsp3) is 0.588. The van der Waals surface area contributed by atoms with Crippen LogP contribution in [0.3, 0.4) is 0 Å². The molecule has 1 N–H and O–H groups in total. The van der Waals surface area contributed by atoms with Crippen molar-refractivity contribution in [1.82, 2.24) is 5.32 Å². The van der Waals surface area contributed by atoms with Crippen LogP contribution in [0, 0.1) is 0 Å². The van der Waals surface area contributed by atoms with Crippen LogP contribution in [-0.4, -0.2) is 37.4 Å². The molecule has 1 saturated heterocycles. The monoisotopic (exact) mass is 289 g/mol. The maximum Gasteiger partial charge on any atom is 0.220 e. The number of fused-ring (bicyclic) bond motifs is 1. The van der Waals surface area contributed by atoms with E-state index in [0.29, 0.717) is 19.6 Å². The fourth-order valence-corrected chi connectivity index (χ4v) is 3.20. The second-order valence-electron chi connectivity index (χ2n) is 5.88. The van der Waals surface area contributed by atoms with E-state index in [4.69, 9.17) is 9.47 Å². The van der Waals surface area contributed by atoms with E-state index in [2.05, 4.69) is 17.4 Å². The standard InChI is InChI=1S/C17H23NO3/c19-17(9-6-13-4-2-1-3-5-13)18-14-7-8-15-16(12-14)21-11-10-20-15/h1-5,14-16H,6-12H2,(H,18,19)/t14-,15-,16-/m1/s1. The van der Waals surface area contributed by atoms with Gasteiger partial charge in [0.15, 0.2) is 0 Å². The summed E-state index contributed by atoms with van der Waals surface area (Å²) in [5.41, 5.74) is 1.21. The molecule has 1 saturated carbocycles. The predicted octanol–water partition coefficient (Wildman–Crippen LogP) is 2.07. The lowest BCUT2D eigenvalue weighted by atomic mass is 9.89. The van der Waals surface area contributed by atoms with Crippen LogP contribution in [0.2, 0.25) is 0 Å². The first-order valence-corrected chi connectivity index (χ1v) is 7.88. The van der Waals surface area contributed by atoms with E-state index in [1.54, 1.807) is 0 Å². The zero-order chi connectivity index (χ0) is 14.5. The number of benzene rings is 1. The maximum absolute atomic E-state index is 12.1. The van der Waals surface area contributed by atoms with Gasteiger partial charge in [-0.25, -0.2) is 0 Å². The number of carbonyl (C=O) groups excluding carboxylic acids is 1. The Kier molecular flexibility index (Phi) is 4.88.